The maximum Gasteiger partial charge on any atom is 0.222 e. The molecule has 0 saturated heterocycles. The Morgan fingerprint density at radius 2 is 1.65 bits per heavy atom. The molecule has 0 saturated carbocycles. The number of nitrogens with one attached hydrogen (secondary N) is 1. The quantitative estimate of drug-likeness (QED) is 0.455. The maximum absolute atomic E-state index is 5.92. The standard InChI is InChI=1S/C23H23N5O3/c1-4-31-16-8-6-15(7-9-16)25-22-21-18(27-23(24)28-22)11-10-17(26-21)14-5-12-19(29-2)20(13-14)30-3/h5-13H,4H2,1-3H3,(H3,24,25,27,28). The van der Waals surface area contributed by atoms with Gasteiger partial charge in [0.1, 0.15) is 11.3 Å². The molecule has 31 heavy (non-hydrogen) atoms. The normalized spacial score (nSPS) is 10.7. The van der Waals surface area contributed by atoms with Crippen molar-refractivity contribution in [2.24, 2.45) is 0 Å². The van der Waals surface area contributed by atoms with Crippen molar-refractivity contribution in [1.82, 2.24) is 15.0 Å². The van der Waals surface area contributed by atoms with Crippen LogP contribution in [0, 0.1) is 0 Å². The summed E-state index contributed by atoms with van der Waals surface area (Å²) in [6, 6.07) is 17.0. The van der Waals surface area contributed by atoms with Crippen molar-refractivity contribution in [3.8, 4) is 28.5 Å². The Hall–Kier alpha value is -4.07. The van der Waals surface area contributed by atoms with Crippen LogP contribution in [0.5, 0.6) is 17.2 Å². The minimum atomic E-state index is 0.168. The molecule has 4 rings (SSSR count). The first-order valence-corrected chi connectivity index (χ1v) is 9.78. The van der Waals surface area contributed by atoms with Gasteiger partial charge in [0.15, 0.2) is 17.3 Å². The van der Waals surface area contributed by atoms with E-state index in [4.69, 9.17) is 24.9 Å². The number of fused-ring (bicyclic) bond motifs is 1. The zero-order valence-corrected chi connectivity index (χ0v) is 17.5. The van der Waals surface area contributed by atoms with Crippen LogP contribution in [-0.4, -0.2) is 35.8 Å². The number of rotatable bonds is 7. The molecule has 0 aliphatic carbocycles. The number of ether oxygens (including phenoxy) is 3. The van der Waals surface area contributed by atoms with Gasteiger partial charge in [-0.15, -0.1) is 0 Å². The molecule has 0 fully saturated rings. The van der Waals surface area contributed by atoms with E-state index in [9.17, 15) is 0 Å². The van der Waals surface area contributed by atoms with Gasteiger partial charge < -0.3 is 25.3 Å². The predicted molar refractivity (Wildman–Crippen MR) is 121 cm³/mol. The van der Waals surface area contributed by atoms with Crippen LogP contribution in [0.2, 0.25) is 0 Å². The van der Waals surface area contributed by atoms with Crippen LogP contribution in [0.4, 0.5) is 17.5 Å². The Balaban J connectivity index is 1.74. The second-order valence-corrected chi connectivity index (χ2v) is 6.65. The number of pyridine rings is 1. The Kier molecular flexibility index (Phi) is 5.70. The molecule has 0 aliphatic rings. The van der Waals surface area contributed by atoms with Crippen LogP contribution in [0.15, 0.2) is 54.6 Å². The van der Waals surface area contributed by atoms with Crippen LogP contribution in [0.25, 0.3) is 22.3 Å². The third-order valence-electron chi connectivity index (χ3n) is 4.67. The topological polar surface area (TPSA) is 104 Å². The highest BCUT2D eigenvalue weighted by molar-refractivity contribution is 5.90. The zero-order valence-electron chi connectivity index (χ0n) is 17.5. The van der Waals surface area contributed by atoms with Crippen molar-refractivity contribution in [3.05, 3.63) is 54.6 Å². The summed E-state index contributed by atoms with van der Waals surface area (Å²) in [5.41, 5.74) is 9.63. The van der Waals surface area contributed by atoms with Gasteiger partial charge in [-0.2, -0.15) is 4.98 Å². The van der Waals surface area contributed by atoms with E-state index >= 15 is 0 Å². The van der Waals surface area contributed by atoms with E-state index in [-0.39, 0.29) is 5.95 Å². The van der Waals surface area contributed by atoms with E-state index in [2.05, 4.69) is 15.3 Å². The molecule has 2 aromatic carbocycles. The highest BCUT2D eigenvalue weighted by atomic mass is 16.5. The molecule has 4 aromatic rings. The first kappa shape index (κ1) is 20.2. The van der Waals surface area contributed by atoms with Crippen molar-refractivity contribution in [3.63, 3.8) is 0 Å². The summed E-state index contributed by atoms with van der Waals surface area (Å²) in [7, 11) is 3.21. The monoisotopic (exact) mass is 417 g/mol. The van der Waals surface area contributed by atoms with Crippen molar-refractivity contribution >= 4 is 28.5 Å². The first-order valence-electron chi connectivity index (χ1n) is 9.78. The molecule has 2 heterocycles. The number of anilines is 3. The first-order chi connectivity index (χ1) is 15.1. The Morgan fingerprint density at radius 3 is 2.35 bits per heavy atom. The van der Waals surface area contributed by atoms with Gasteiger partial charge in [-0.25, -0.2) is 9.97 Å². The maximum atomic E-state index is 5.92. The van der Waals surface area contributed by atoms with E-state index in [0.29, 0.717) is 35.0 Å². The van der Waals surface area contributed by atoms with Gasteiger partial charge in [-0.3, -0.25) is 0 Å². The Morgan fingerprint density at radius 1 is 0.871 bits per heavy atom. The molecule has 0 spiro atoms. The lowest BCUT2D eigenvalue weighted by Crippen LogP contribution is -2.03. The van der Waals surface area contributed by atoms with Gasteiger partial charge in [-0.05, 0) is 61.5 Å². The molecule has 158 valence electrons. The second kappa shape index (κ2) is 8.74. The SMILES string of the molecule is CCOc1ccc(Nc2nc(N)nc3ccc(-c4ccc(OC)c(OC)c4)nc23)cc1. The number of hydrogen-bond acceptors (Lipinski definition) is 8. The molecular formula is C23H23N5O3. The number of nitrogens with two attached hydrogens (primary N) is 1. The second-order valence-electron chi connectivity index (χ2n) is 6.65. The molecule has 0 aliphatic heterocycles. The lowest BCUT2D eigenvalue weighted by Gasteiger charge is -2.12. The molecule has 2 aromatic heterocycles. The molecule has 0 atom stereocenters. The number of nitrogen functional groups attached to an aromatic ring is 1. The molecule has 8 heteroatoms. The van der Waals surface area contributed by atoms with Crippen LogP contribution in [-0.2, 0) is 0 Å². The van der Waals surface area contributed by atoms with Gasteiger partial charge in [0.2, 0.25) is 5.95 Å². The van der Waals surface area contributed by atoms with E-state index in [0.717, 1.165) is 22.7 Å². The molecule has 0 unspecified atom stereocenters. The Labute approximate surface area is 180 Å². The molecule has 0 radical (unpaired) electrons. The van der Waals surface area contributed by atoms with Crippen LogP contribution < -0.4 is 25.3 Å². The fraction of sp³-hybridized carbons (Fsp3) is 0.174. The summed E-state index contributed by atoms with van der Waals surface area (Å²) in [6.07, 6.45) is 0. The van der Waals surface area contributed by atoms with Crippen molar-refractivity contribution in [1.29, 1.82) is 0 Å². The molecular weight excluding hydrogens is 394 g/mol. The smallest absolute Gasteiger partial charge is 0.222 e. The fourth-order valence-corrected chi connectivity index (χ4v) is 3.21. The third-order valence-corrected chi connectivity index (χ3v) is 4.67. The molecule has 3 N–H and O–H groups in total. The lowest BCUT2D eigenvalue weighted by atomic mass is 10.1. The highest BCUT2D eigenvalue weighted by Gasteiger charge is 2.12. The number of hydrogen-bond donors (Lipinski definition) is 2. The van der Waals surface area contributed by atoms with E-state index in [1.54, 1.807) is 14.2 Å². The predicted octanol–water partition coefficient (Wildman–Crippen LogP) is 4.43. The van der Waals surface area contributed by atoms with Crippen molar-refractivity contribution in [2.75, 3.05) is 31.9 Å². The summed E-state index contributed by atoms with van der Waals surface area (Å²) < 4.78 is 16.2. The average Bonchev–Trinajstić information content (AvgIpc) is 2.79. The number of benzene rings is 2. The van der Waals surface area contributed by atoms with Gasteiger partial charge in [-0.1, -0.05) is 0 Å². The van der Waals surface area contributed by atoms with Gasteiger partial charge >= 0.3 is 0 Å². The van der Waals surface area contributed by atoms with Gasteiger partial charge in [0, 0.05) is 11.3 Å². The van der Waals surface area contributed by atoms with E-state index in [1.165, 1.54) is 0 Å². The van der Waals surface area contributed by atoms with Crippen LogP contribution >= 0.6 is 0 Å². The van der Waals surface area contributed by atoms with Gasteiger partial charge in [0.05, 0.1) is 32.0 Å². The Bertz CT molecular complexity index is 1210. The molecule has 0 amide bonds. The van der Waals surface area contributed by atoms with Crippen LogP contribution in [0.3, 0.4) is 0 Å². The number of methoxy groups -OCH3 is 2. The summed E-state index contributed by atoms with van der Waals surface area (Å²) in [5, 5.41) is 3.28. The van der Waals surface area contributed by atoms with E-state index in [1.807, 2.05) is 61.5 Å². The molecule has 8 nitrogen and oxygen atoms in total. The third kappa shape index (κ3) is 4.28. The minimum absolute atomic E-state index is 0.168. The summed E-state index contributed by atoms with van der Waals surface area (Å²) in [4.78, 5) is 13.5. The van der Waals surface area contributed by atoms with Crippen LogP contribution in [0.1, 0.15) is 6.92 Å². The largest absolute Gasteiger partial charge is 0.494 e. The summed E-state index contributed by atoms with van der Waals surface area (Å²) in [5.74, 6) is 2.77. The zero-order chi connectivity index (χ0) is 21.8. The number of nitrogens with zero attached hydrogens (tertiary/aromatic N) is 3. The summed E-state index contributed by atoms with van der Waals surface area (Å²) in [6.45, 7) is 2.56. The van der Waals surface area contributed by atoms with Gasteiger partial charge in [0.25, 0.3) is 0 Å². The van der Waals surface area contributed by atoms with Crippen molar-refractivity contribution in [2.45, 2.75) is 6.92 Å². The highest BCUT2D eigenvalue weighted by Crippen LogP contribution is 2.33. The van der Waals surface area contributed by atoms with E-state index < -0.39 is 0 Å². The molecule has 0 bridgehead atoms. The minimum Gasteiger partial charge on any atom is -0.494 e. The lowest BCUT2D eigenvalue weighted by molar-refractivity contribution is 0.340. The van der Waals surface area contributed by atoms with Crippen molar-refractivity contribution < 1.29 is 14.2 Å². The summed E-state index contributed by atoms with van der Waals surface area (Å²) >= 11 is 0. The fourth-order valence-electron chi connectivity index (χ4n) is 3.21. The number of aromatic nitrogens is 3. The average molecular weight is 417 g/mol.